The van der Waals surface area contributed by atoms with Crippen molar-refractivity contribution in [2.45, 2.75) is 38.8 Å². The molecule has 0 unspecified atom stereocenters. The molecule has 1 aromatic heterocycles. The minimum atomic E-state index is -1.05. The molecule has 0 bridgehead atoms. The van der Waals surface area contributed by atoms with Crippen molar-refractivity contribution in [1.29, 1.82) is 0 Å². The number of hydrogen-bond acceptors (Lipinski definition) is 5. The number of rotatable bonds is 5. The number of nitrogens with one attached hydrogen (secondary N) is 1. The molecule has 1 heterocycles. The third-order valence-corrected chi connectivity index (χ3v) is 2.48. The number of carboxylic acids is 1. The molecular formula is C14H20N2O5. The normalized spacial score (nSPS) is 12.4. The summed E-state index contributed by atoms with van der Waals surface area (Å²) in [7, 11) is 1.46. The average molecular weight is 296 g/mol. The topological polar surface area (TPSA) is 97.8 Å². The Bertz CT molecular complexity index is 510. The molecule has 2 N–H and O–H groups in total. The zero-order valence-corrected chi connectivity index (χ0v) is 12.5. The molecule has 21 heavy (non-hydrogen) atoms. The predicted octanol–water partition coefficient (Wildman–Crippen LogP) is 2.13. The molecule has 1 aromatic rings. The molecule has 1 atom stereocenters. The van der Waals surface area contributed by atoms with Gasteiger partial charge in [0.25, 0.3) is 0 Å². The van der Waals surface area contributed by atoms with Crippen molar-refractivity contribution in [3.8, 4) is 5.75 Å². The van der Waals surface area contributed by atoms with Gasteiger partial charge in [0, 0.05) is 18.0 Å². The van der Waals surface area contributed by atoms with Crippen LogP contribution in [0.1, 0.15) is 38.8 Å². The second kappa shape index (κ2) is 6.92. The van der Waals surface area contributed by atoms with E-state index in [4.69, 9.17) is 14.6 Å². The lowest BCUT2D eigenvalue weighted by Crippen LogP contribution is -2.36. The minimum Gasteiger partial charge on any atom is -0.496 e. The lowest BCUT2D eigenvalue weighted by atomic mass is 10.1. The Morgan fingerprint density at radius 1 is 1.43 bits per heavy atom. The Labute approximate surface area is 123 Å². The molecule has 0 aromatic carbocycles. The zero-order chi connectivity index (χ0) is 16.0. The van der Waals surface area contributed by atoms with Gasteiger partial charge in [0.15, 0.2) is 0 Å². The van der Waals surface area contributed by atoms with Crippen LogP contribution in [0.3, 0.4) is 0 Å². The van der Waals surface area contributed by atoms with Crippen molar-refractivity contribution in [2.24, 2.45) is 0 Å². The number of pyridine rings is 1. The standard InChI is InChI=1S/C14H20N2O5/c1-14(2,3)21-13(19)16-10(7-12(17)18)9-8-15-6-5-11(9)20-4/h5-6,8,10H,7H2,1-4H3,(H,16,19)(H,17,18)/t10-/m0/s1. The van der Waals surface area contributed by atoms with Gasteiger partial charge in [0.1, 0.15) is 11.4 Å². The first-order valence-electron chi connectivity index (χ1n) is 6.42. The smallest absolute Gasteiger partial charge is 0.408 e. The van der Waals surface area contributed by atoms with E-state index in [2.05, 4.69) is 10.3 Å². The van der Waals surface area contributed by atoms with Crippen LogP contribution in [0.5, 0.6) is 5.75 Å². The molecule has 116 valence electrons. The number of carbonyl (C=O) groups excluding carboxylic acids is 1. The van der Waals surface area contributed by atoms with Gasteiger partial charge < -0.3 is 19.9 Å². The fraction of sp³-hybridized carbons (Fsp3) is 0.500. The summed E-state index contributed by atoms with van der Waals surface area (Å²) in [4.78, 5) is 26.8. The maximum atomic E-state index is 11.8. The first-order chi connectivity index (χ1) is 9.73. The number of hydrogen-bond donors (Lipinski definition) is 2. The molecule has 1 amide bonds. The number of aromatic nitrogens is 1. The van der Waals surface area contributed by atoms with Gasteiger partial charge in [-0.3, -0.25) is 9.78 Å². The average Bonchev–Trinajstić information content (AvgIpc) is 2.35. The first kappa shape index (κ1) is 16.7. The van der Waals surface area contributed by atoms with E-state index < -0.39 is 23.7 Å². The first-order valence-corrected chi connectivity index (χ1v) is 6.42. The third-order valence-electron chi connectivity index (χ3n) is 2.48. The van der Waals surface area contributed by atoms with Crippen LogP contribution in [0, 0.1) is 0 Å². The van der Waals surface area contributed by atoms with Crippen molar-refractivity contribution >= 4 is 12.1 Å². The molecule has 0 aliphatic heterocycles. The Morgan fingerprint density at radius 3 is 2.62 bits per heavy atom. The van der Waals surface area contributed by atoms with Gasteiger partial charge >= 0.3 is 12.1 Å². The fourth-order valence-electron chi connectivity index (χ4n) is 1.70. The number of alkyl carbamates (subject to hydrolysis) is 1. The van der Waals surface area contributed by atoms with E-state index in [-0.39, 0.29) is 6.42 Å². The number of nitrogens with zero attached hydrogens (tertiary/aromatic N) is 1. The van der Waals surface area contributed by atoms with Gasteiger partial charge in [-0.15, -0.1) is 0 Å². The van der Waals surface area contributed by atoms with E-state index in [0.717, 1.165) is 0 Å². The largest absolute Gasteiger partial charge is 0.496 e. The summed E-state index contributed by atoms with van der Waals surface area (Å²) in [6.45, 7) is 5.18. The zero-order valence-electron chi connectivity index (χ0n) is 12.5. The van der Waals surface area contributed by atoms with Gasteiger partial charge in [0.2, 0.25) is 0 Å². The molecule has 0 fully saturated rings. The molecule has 7 heteroatoms. The molecular weight excluding hydrogens is 276 g/mol. The highest BCUT2D eigenvalue weighted by Crippen LogP contribution is 2.26. The van der Waals surface area contributed by atoms with Gasteiger partial charge in [-0.2, -0.15) is 0 Å². The second-order valence-corrected chi connectivity index (χ2v) is 5.41. The van der Waals surface area contributed by atoms with Crippen molar-refractivity contribution in [3.05, 3.63) is 24.0 Å². The molecule has 0 radical (unpaired) electrons. The van der Waals surface area contributed by atoms with Crippen molar-refractivity contribution in [1.82, 2.24) is 10.3 Å². The fourth-order valence-corrected chi connectivity index (χ4v) is 1.70. The second-order valence-electron chi connectivity index (χ2n) is 5.41. The predicted molar refractivity (Wildman–Crippen MR) is 75.2 cm³/mol. The summed E-state index contributed by atoms with van der Waals surface area (Å²) in [6.07, 6.45) is 1.98. The summed E-state index contributed by atoms with van der Waals surface area (Å²) >= 11 is 0. The molecule has 0 saturated carbocycles. The number of amides is 1. The highest BCUT2D eigenvalue weighted by molar-refractivity contribution is 5.72. The minimum absolute atomic E-state index is 0.304. The summed E-state index contributed by atoms with van der Waals surface area (Å²) in [5, 5.41) is 11.5. The summed E-state index contributed by atoms with van der Waals surface area (Å²) < 4.78 is 10.3. The van der Waals surface area contributed by atoms with Crippen LogP contribution in [0.15, 0.2) is 18.5 Å². The van der Waals surface area contributed by atoms with Crippen LogP contribution in [-0.4, -0.2) is 34.9 Å². The van der Waals surface area contributed by atoms with Crippen molar-refractivity contribution in [2.75, 3.05) is 7.11 Å². The van der Waals surface area contributed by atoms with Crippen molar-refractivity contribution < 1.29 is 24.2 Å². The van der Waals surface area contributed by atoms with Gasteiger partial charge in [-0.1, -0.05) is 0 Å². The van der Waals surface area contributed by atoms with Crippen LogP contribution in [-0.2, 0) is 9.53 Å². The number of ether oxygens (including phenoxy) is 2. The van der Waals surface area contributed by atoms with Crippen LogP contribution in [0.4, 0.5) is 4.79 Å². The Hall–Kier alpha value is -2.31. The number of methoxy groups -OCH3 is 1. The maximum Gasteiger partial charge on any atom is 0.408 e. The molecule has 1 rings (SSSR count). The summed E-state index contributed by atoms with van der Waals surface area (Å²) in [5.41, 5.74) is -0.190. The number of carboxylic acid groups (broad SMARTS) is 1. The van der Waals surface area contributed by atoms with E-state index >= 15 is 0 Å². The summed E-state index contributed by atoms with van der Waals surface area (Å²) in [6, 6.07) is 0.807. The van der Waals surface area contributed by atoms with E-state index in [1.165, 1.54) is 19.5 Å². The van der Waals surface area contributed by atoms with E-state index in [0.29, 0.717) is 11.3 Å². The maximum absolute atomic E-state index is 11.8. The molecule has 0 aliphatic carbocycles. The number of carbonyl (C=O) groups is 2. The third kappa shape index (κ3) is 5.68. The van der Waals surface area contributed by atoms with Gasteiger partial charge in [-0.05, 0) is 26.8 Å². The van der Waals surface area contributed by atoms with E-state index in [1.807, 2.05) is 0 Å². The van der Waals surface area contributed by atoms with Gasteiger partial charge in [-0.25, -0.2) is 4.79 Å². The highest BCUT2D eigenvalue weighted by atomic mass is 16.6. The quantitative estimate of drug-likeness (QED) is 0.863. The van der Waals surface area contributed by atoms with E-state index in [9.17, 15) is 9.59 Å². The lowest BCUT2D eigenvalue weighted by molar-refractivity contribution is -0.137. The van der Waals surface area contributed by atoms with E-state index in [1.54, 1.807) is 26.8 Å². The molecule has 0 saturated heterocycles. The van der Waals surface area contributed by atoms with Crippen LogP contribution < -0.4 is 10.1 Å². The van der Waals surface area contributed by atoms with Crippen LogP contribution in [0.2, 0.25) is 0 Å². The molecule has 0 spiro atoms. The Balaban J connectivity index is 2.95. The SMILES string of the molecule is COc1ccncc1[C@H](CC(=O)O)NC(=O)OC(C)(C)C. The highest BCUT2D eigenvalue weighted by Gasteiger charge is 2.24. The van der Waals surface area contributed by atoms with Crippen molar-refractivity contribution in [3.63, 3.8) is 0 Å². The Morgan fingerprint density at radius 2 is 2.10 bits per heavy atom. The van der Waals surface area contributed by atoms with Crippen LogP contribution in [0.25, 0.3) is 0 Å². The Kier molecular flexibility index (Phi) is 5.52. The monoisotopic (exact) mass is 296 g/mol. The molecule has 0 aliphatic rings. The van der Waals surface area contributed by atoms with Crippen LogP contribution >= 0.6 is 0 Å². The van der Waals surface area contributed by atoms with Gasteiger partial charge in [0.05, 0.1) is 19.6 Å². The number of aliphatic carboxylic acids is 1. The lowest BCUT2D eigenvalue weighted by Gasteiger charge is -2.23. The molecule has 7 nitrogen and oxygen atoms in total. The summed E-state index contributed by atoms with van der Waals surface area (Å²) in [5.74, 6) is -0.603.